The minimum atomic E-state index is -0.904. The quantitative estimate of drug-likeness (QED) is 0.811. The largest absolute Gasteiger partial charge is 0.481 e. The van der Waals surface area contributed by atoms with Crippen molar-refractivity contribution < 1.29 is 14.7 Å². The summed E-state index contributed by atoms with van der Waals surface area (Å²) in [6.07, 6.45) is 4.76. The molecule has 0 bridgehead atoms. The molecule has 5 nitrogen and oxygen atoms in total. The molecule has 1 aliphatic carbocycles. The van der Waals surface area contributed by atoms with Gasteiger partial charge in [0.05, 0.1) is 6.42 Å². The second kappa shape index (κ2) is 7.67. The zero-order valence-corrected chi connectivity index (χ0v) is 12.1. The van der Waals surface area contributed by atoms with Crippen LogP contribution in [0.5, 0.6) is 0 Å². The molecule has 0 atom stereocenters. The number of carbonyl (C=O) groups excluding carboxylic acids is 1. The van der Waals surface area contributed by atoms with Gasteiger partial charge >= 0.3 is 12.0 Å². The molecule has 0 saturated heterocycles. The number of urea groups is 1. The van der Waals surface area contributed by atoms with Gasteiger partial charge in [-0.05, 0) is 24.5 Å². The summed E-state index contributed by atoms with van der Waals surface area (Å²) in [6, 6.07) is 8.95. The highest BCUT2D eigenvalue weighted by Gasteiger charge is 2.19. The second-order valence-corrected chi connectivity index (χ2v) is 5.45. The Morgan fingerprint density at radius 2 is 1.95 bits per heavy atom. The van der Waals surface area contributed by atoms with Crippen molar-refractivity contribution in [3.8, 4) is 0 Å². The first-order valence-electron chi connectivity index (χ1n) is 7.49. The van der Waals surface area contributed by atoms with Crippen LogP contribution in [0.2, 0.25) is 0 Å². The Morgan fingerprint density at radius 3 is 2.52 bits per heavy atom. The lowest BCUT2D eigenvalue weighted by molar-refractivity contribution is -0.136. The molecule has 5 heteroatoms. The van der Waals surface area contributed by atoms with Crippen molar-refractivity contribution in [2.45, 2.75) is 32.1 Å². The highest BCUT2D eigenvalue weighted by molar-refractivity contribution is 5.92. The predicted molar refractivity (Wildman–Crippen MR) is 81.4 cm³/mol. The molecule has 0 spiro atoms. The van der Waals surface area contributed by atoms with Gasteiger partial charge in [0, 0.05) is 18.8 Å². The van der Waals surface area contributed by atoms with Gasteiger partial charge in [0.2, 0.25) is 0 Å². The van der Waals surface area contributed by atoms with Crippen LogP contribution in [0.25, 0.3) is 0 Å². The van der Waals surface area contributed by atoms with Crippen molar-refractivity contribution in [2.75, 3.05) is 18.0 Å². The first-order chi connectivity index (χ1) is 10.2. The van der Waals surface area contributed by atoms with Gasteiger partial charge in [0.15, 0.2) is 0 Å². The first-order valence-corrected chi connectivity index (χ1v) is 7.49. The Labute approximate surface area is 125 Å². The zero-order chi connectivity index (χ0) is 15.1. The molecule has 2 amide bonds. The Kier molecular flexibility index (Phi) is 5.60. The van der Waals surface area contributed by atoms with Crippen molar-refractivity contribution in [2.24, 2.45) is 5.92 Å². The van der Waals surface area contributed by atoms with E-state index in [1.807, 2.05) is 30.3 Å². The lowest BCUT2D eigenvalue weighted by atomic mass is 9.83. The van der Waals surface area contributed by atoms with E-state index in [9.17, 15) is 9.59 Å². The fraction of sp³-hybridized carbons (Fsp3) is 0.500. The molecule has 2 rings (SSSR count). The fourth-order valence-electron chi connectivity index (χ4n) is 2.42. The van der Waals surface area contributed by atoms with Gasteiger partial charge in [0.25, 0.3) is 0 Å². The van der Waals surface area contributed by atoms with E-state index in [0.29, 0.717) is 6.54 Å². The maximum atomic E-state index is 12.3. The van der Waals surface area contributed by atoms with Crippen molar-refractivity contribution in [1.82, 2.24) is 5.32 Å². The van der Waals surface area contributed by atoms with Crippen LogP contribution >= 0.6 is 0 Å². The average molecular weight is 290 g/mol. The maximum Gasteiger partial charge on any atom is 0.321 e. The number of carboxylic acid groups (broad SMARTS) is 1. The maximum absolute atomic E-state index is 12.3. The molecule has 2 N–H and O–H groups in total. The van der Waals surface area contributed by atoms with Gasteiger partial charge in [0.1, 0.15) is 0 Å². The van der Waals surface area contributed by atoms with Crippen LogP contribution < -0.4 is 10.2 Å². The van der Waals surface area contributed by atoms with Gasteiger partial charge in [-0.3, -0.25) is 9.69 Å². The van der Waals surface area contributed by atoms with Crippen LogP contribution in [0.1, 0.15) is 32.1 Å². The molecule has 21 heavy (non-hydrogen) atoms. The molecule has 114 valence electrons. The Bertz CT molecular complexity index is 472. The molecular weight excluding hydrogens is 268 g/mol. The van der Waals surface area contributed by atoms with E-state index in [4.69, 9.17) is 5.11 Å². The van der Waals surface area contributed by atoms with E-state index in [0.717, 1.165) is 18.0 Å². The molecule has 1 aromatic rings. The van der Waals surface area contributed by atoms with Crippen molar-refractivity contribution >= 4 is 17.7 Å². The van der Waals surface area contributed by atoms with Crippen LogP contribution in [0.15, 0.2) is 30.3 Å². The van der Waals surface area contributed by atoms with Gasteiger partial charge in [-0.1, -0.05) is 37.5 Å². The highest BCUT2D eigenvalue weighted by Crippen LogP contribution is 2.28. The number of nitrogens with zero attached hydrogens (tertiary/aromatic N) is 1. The molecule has 1 saturated carbocycles. The standard InChI is InChI=1S/C16H22N2O3/c19-15(20)10-12-18(14-7-2-1-3-8-14)16(21)17-11-9-13-5-4-6-13/h1-3,7-8,13H,4-6,9-12H2,(H,17,21)(H,19,20). The summed E-state index contributed by atoms with van der Waals surface area (Å²) in [4.78, 5) is 24.5. The predicted octanol–water partition coefficient (Wildman–Crippen LogP) is 2.87. The molecule has 0 aliphatic heterocycles. The molecule has 0 heterocycles. The topological polar surface area (TPSA) is 69.6 Å². The van der Waals surface area contributed by atoms with Gasteiger partial charge < -0.3 is 10.4 Å². The molecule has 1 fully saturated rings. The van der Waals surface area contributed by atoms with Crippen LogP contribution in [0.3, 0.4) is 0 Å². The minimum Gasteiger partial charge on any atom is -0.481 e. The third-order valence-corrected chi connectivity index (χ3v) is 3.92. The van der Waals surface area contributed by atoms with Crippen LogP contribution in [0, 0.1) is 5.92 Å². The summed E-state index contributed by atoms with van der Waals surface area (Å²) in [5.74, 6) is -0.160. The third kappa shape index (κ3) is 4.77. The number of aliphatic carboxylic acids is 1. The number of hydrogen-bond donors (Lipinski definition) is 2. The average Bonchev–Trinajstić information content (AvgIpc) is 2.42. The lowest BCUT2D eigenvalue weighted by Crippen LogP contribution is -2.42. The summed E-state index contributed by atoms with van der Waals surface area (Å²) in [5, 5.41) is 11.7. The molecule has 1 aliphatic rings. The number of rotatable bonds is 7. The number of carboxylic acids is 1. The van der Waals surface area contributed by atoms with E-state index in [1.54, 1.807) is 0 Å². The van der Waals surface area contributed by atoms with Gasteiger partial charge in [-0.25, -0.2) is 4.79 Å². The van der Waals surface area contributed by atoms with Crippen molar-refractivity contribution in [3.05, 3.63) is 30.3 Å². The van der Waals surface area contributed by atoms with Crippen LogP contribution in [-0.2, 0) is 4.79 Å². The van der Waals surface area contributed by atoms with Crippen molar-refractivity contribution in [3.63, 3.8) is 0 Å². The molecule has 0 aromatic heterocycles. The van der Waals surface area contributed by atoms with Crippen LogP contribution in [-0.4, -0.2) is 30.2 Å². The van der Waals surface area contributed by atoms with Gasteiger partial charge in [-0.15, -0.1) is 0 Å². The molecule has 1 aromatic carbocycles. The second-order valence-electron chi connectivity index (χ2n) is 5.45. The minimum absolute atomic E-state index is 0.0645. The smallest absolute Gasteiger partial charge is 0.321 e. The van der Waals surface area contributed by atoms with E-state index in [2.05, 4.69) is 5.32 Å². The van der Waals surface area contributed by atoms with Crippen LogP contribution in [0.4, 0.5) is 10.5 Å². The van der Waals surface area contributed by atoms with E-state index in [-0.39, 0.29) is 19.0 Å². The lowest BCUT2D eigenvalue weighted by Gasteiger charge is -2.26. The Morgan fingerprint density at radius 1 is 1.24 bits per heavy atom. The fourth-order valence-corrected chi connectivity index (χ4v) is 2.42. The zero-order valence-electron chi connectivity index (χ0n) is 12.1. The Hall–Kier alpha value is -2.04. The number of nitrogens with one attached hydrogen (secondary N) is 1. The number of benzene rings is 1. The van der Waals surface area contributed by atoms with E-state index < -0.39 is 5.97 Å². The summed E-state index contributed by atoms with van der Waals surface area (Å²) in [6.45, 7) is 0.828. The van der Waals surface area contributed by atoms with E-state index >= 15 is 0 Å². The summed E-state index contributed by atoms with van der Waals surface area (Å²) >= 11 is 0. The molecule has 0 unspecified atom stereocenters. The third-order valence-electron chi connectivity index (χ3n) is 3.92. The normalized spacial score (nSPS) is 14.3. The van der Waals surface area contributed by atoms with Gasteiger partial charge in [-0.2, -0.15) is 0 Å². The number of amides is 2. The number of carbonyl (C=O) groups is 2. The number of hydrogen-bond acceptors (Lipinski definition) is 2. The Balaban J connectivity index is 1.89. The number of para-hydroxylation sites is 1. The molecule has 0 radical (unpaired) electrons. The monoisotopic (exact) mass is 290 g/mol. The summed E-state index contributed by atoms with van der Waals surface area (Å²) < 4.78 is 0. The highest BCUT2D eigenvalue weighted by atomic mass is 16.4. The van der Waals surface area contributed by atoms with Crippen molar-refractivity contribution in [1.29, 1.82) is 0 Å². The number of anilines is 1. The summed E-state index contributed by atoms with van der Waals surface area (Å²) in [7, 11) is 0. The van der Waals surface area contributed by atoms with E-state index in [1.165, 1.54) is 24.2 Å². The first kappa shape index (κ1) is 15.4. The summed E-state index contributed by atoms with van der Waals surface area (Å²) in [5.41, 5.74) is 0.722. The SMILES string of the molecule is O=C(O)CCN(C(=O)NCCC1CCC1)c1ccccc1. The molecular formula is C16H22N2O3.